The molecular formula is C28H20N4O2. The lowest BCUT2D eigenvalue weighted by molar-refractivity contribution is -0.119. The predicted octanol–water partition coefficient (Wildman–Crippen LogP) is 5.29. The zero-order chi connectivity index (χ0) is 22.9. The number of fused-ring (bicyclic) bond motifs is 2. The summed E-state index contributed by atoms with van der Waals surface area (Å²) in [4.78, 5) is 18.0. The number of nitrogens with one attached hydrogen (secondary N) is 1. The number of ketones is 1. The molecule has 1 atom stereocenters. The first-order valence-electron chi connectivity index (χ1n) is 11.1. The fourth-order valence-electron chi connectivity index (χ4n) is 4.32. The summed E-state index contributed by atoms with van der Waals surface area (Å²) in [6.45, 7) is 0. The molecule has 2 heterocycles. The third-order valence-electron chi connectivity index (χ3n) is 5.95. The number of carbonyl (C=O) groups is 1. The van der Waals surface area contributed by atoms with Gasteiger partial charge in [0.25, 0.3) is 0 Å². The zero-order valence-corrected chi connectivity index (χ0v) is 18.2. The van der Waals surface area contributed by atoms with Gasteiger partial charge in [0.15, 0.2) is 11.9 Å². The largest absolute Gasteiger partial charge is 0.403 e. The summed E-state index contributed by atoms with van der Waals surface area (Å²) >= 11 is 0. The van der Waals surface area contributed by atoms with E-state index in [0.717, 1.165) is 38.7 Å². The third kappa shape index (κ3) is 3.65. The third-order valence-corrected chi connectivity index (χ3v) is 5.95. The summed E-state index contributed by atoms with van der Waals surface area (Å²) < 4.78 is 5.93. The molecule has 34 heavy (non-hydrogen) atoms. The van der Waals surface area contributed by atoms with Crippen LogP contribution in [0.1, 0.15) is 16.7 Å². The number of hydrogen-bond acceptors (Lipinski definition) is 6. The highest BCUT2D eigenvalue weighted by Gasteiger charge is 2.27. The van der Waals surface area contributed by atoms with Gasteiger partial charge in [-0.2, -0.15) is 0 Å². The van der Waals surface area contributed by atoms with E-state index >= 15 is 0 Å². The van der Waals surface area contributed by atoms with Crippen molar-refractivity contribution in [2.24, 2.45) is 4.99 Å². The van der Waals surface area contributed by atoms with Gasteiger partial charge < -0.3 is 9.73 Å². The van der Waals surface area contributed by atoms with E-state index in [4.69, 9.17) is 9.41 Å². The van der Waals surface area contributed by atoms with Crippen molar-refractivity contribution in [1.29, 1.82) is 0 Å². The number of carbonyl (C=O) groups excluding carboxylic acids is 1. The molecule has 1 aromatic heterocycles. The molecule has 0 aliphatic carbocycles. The quantitative estimate of drug-likeness (QED) is 0.407. The van der Waals surface area contributed by atoms with Gasteiger partial charge in [-0.1, -0.05) is 96.1 Å². The lowest BCUT2D eigenvalue weighted by Crippen LogP contribution is -2.29. The Morgan fingerprint density at radius 2 is 1.50 bits per heavy atom. The van der Waals surface area contributed by atoms with Gasteiger partial charge in [0.2, 0.25) is 5.89 Å². The first kappa shape index (κ1) is 20.1. The van der Waals surface area contributed by atoms with E-state index in [1.165, 1.54) is 0 Å². The molecule has 5 aromatic rings. The molecule has 0 saturated heterocycles. The van der Waals surface area contributed by atoms with Crippen molar-refractivity contribution in [3.8, 4) is 11.5 Å². The molecule has 1 N–H and O–H groups in total. The van der Waals surface area contributed by atoms with E-state index in [9.17, 15) is 4.79 Å². The molecule has 4 aromatic carbocycles. The second-order valence-electron chi connectivity index (χ2n) is 8.13. The van der Waals surface area contributed by atoms with Crippen molar-refractivity contribution in [1.82, 2.24) is 10.2 Å². The van der Waals surface area contributed by atoms with Crippen molar-refractivity contribution in [3.05, 3.63) is 114 Å². The summed E-state index contributed by atoms with van der Waals surface area (Å²) in [5.41, 5.74) is 4.44. The molecule has 0 radical (unpaired) electrons. The fourth-order valence-corrected chi connectivity index (χ4v) is 4.32. The Morgan fingerprint density at radius 1 is 0.765 bits per heavy atom. The number of aromatic nitrogens is 2. The summed E-state index contributed by atoms with van der Waals surface area (Å²) in [5.74, 6) is 0.319. The monoisotopic (exact) mass is 444 g/mol. The second kappa shape index (κ2) is 8.41. The maximum Gasteiger partial charge on any atom is 0.317 e. The van der Waals surface area contributed by atoms with Crippen molar-refractivity contribution in [2.75, 3.05) is 5.32 Å². The summed E-state index contributed by atoms with van der Waals surface area (Å²) in [5, 5.41) is 13.6. The van der Waals surface area contributed by atoms with Crippen LogP contribution in [-0.4, -0.2) is 27.9 Å². The Bertz CT molecular complexity index is 1530. The molecule has 0 unspecified atom stereocenters. The minimum atomic E-state index is -0.844. The molecule has 1 aliphatic rings. The molecule has 6 heteroatoms. The van der Waals surface area contributed by atoms with Crippen molar-refractivity contribution in [2.45, 2.75) is 12.6 Å². The van der Waals surface area contributed by atoms with E-state index in [1.807, 2.05) is 97.1 Å². The van der Waals surface area contributed by atoms with Gasteiger partial charge in [-0.05, 0) is 22.4 Å². The number of hydrogen-bond donors (Lipinski definition) is 1. The van der Waals surface area contributed by atoms with Crippen LogP contribution < -0.4 is 5.32 Å². The Labute approximate surface area is 196 Å². The van der Waals surface area contributed by atoms with Gasteiger partial charge in [-0.25, -0.2) is 0 Å². The summed E-state index contributed by atoms with van der Waals surface area (Å²) in [6.07, 6.45) is -0.582. The van der Waals surface area contributed by atoms with Crippen molar-refractivity contribution >= 4 is 28.3 Å². The normalized spacial score (nSPS) is 15.5. The lowest BCUT2D eigenvalue weighted by Gasteiger charge is -2.11. The molecule has 164 valence electrons. The molecular weight excluding hydrogens is 424 g/mol. The van der Waals surface area contributed by atoms with Crippen LogP contribution in [0.15, 0.2) is 106 Å². The smallest absolute Gasteiger partial charge is 0.317 e. The molecule has 0 bridgehead atoms. The second-order valence-corrected chi connectivity index (χ2v) is 8.13. The Balaban J connectivity index is 1.37. The van der Waals surface area contributed by atoms with Crippen LogP contribution in [0, 0.1) is 0 Å². The van der Waals surface area contributed by atoms with Gasteiger partial charge in [0, 0.05) is 23.1 Å². The SMILES string of the molecule is O=C1Cc2ccccc2C(c2ccccc2)=N[C@@H]1Nc1nnc(-c2cccc3ccccc23)o1. The maximum absolute atomic E-state index is 13.2. The van der Waals surface area contributed by atoms with Gasteiger partial charge in [-0.3, -0.25) is 9.79 Å². The molecule has 6 nitrogen and oxygen atoms in total. The Kier molecular flexibility index (Phi) is 4.96. The van der Waals surface area contributed by atoms with E-state index in [2.05, 4.69) is 15.5 Å². The summed E-state index contributed by atoms with van der Waals surface area (Å²) in [7, 11) is 0. The standard InChI is InChI=1S/C28H20N4O2/c33-24-17-20-12-5-7-15-22(20)25(19-10-2-1-3-11-19)29-26(24)30-28-32-31-27(34-28)23-16-8-13-18-9-4-6-14-21(18)23/h1-16,26H,17H2,(H,30,32)/t26-/m1/s1. The topological polar surface area (TPSA) is 80.4 Å². The Hall–Kier alpha value is -4.58. The average molecular weight is 444 g/mol. The number of benzene rings is 4. The van der Waals surface area contributed by atoms with E-state index in [1.54, 1.807) is 0 Å². The van der Waals surface area contributed by atoms with E-state index in [0.29, 0.717) is 5.89 Å². The van der Waals surface area contributed by atoms with Gasteiger partial charge >= 0.3 is 6.01 Å². The van der Waals surface area contributed by atoms with Crippen LogP contribution >= 0.6 is 0 Å². The van der Waals surface area contributed by atoms with E-state index < -0.39 is 6.17 Å². The fraction of sp³-hybridized carbons (Fsp3) is 0.0714. The summed E-state index contributed by atoms with van der Waals surface area (Å²) in [6, 6.07) is 31.9. The van der Waals surface area contributed by atoms with Crippen molar-refractivity contribution < 1.29 is 9.21 Å². The highest BCUT2D eigenvalue weighted by Crippen LogP contribution is 2.29. The minimum Gasteiger partial charge on any atom is -0.403 e. The van der Waals surface area contributed by atoms with Crippen LogP contribution in [0.3, 0.4) is 0 Å². The number of aliphatic imine (C=N–C) groups is 1. The molecule has 0 fully saturated rings. The molecule has 0 saturated carbocycles. The zero-order valence-electron chi connectivity index (χ0n) is 18.2. The highest BCUT2D eigenvalue weighted by atomic mass is 16.4. The van der Waals surface area contributed by atoms with Gasteiger partial charge in [0.05, 0.1) is 5.71 Å². The lowest BCUT2D eigenvalue weighted by atomic mass is 9.96. The van der Waals surface area contributed by atoms with Crippen LogP contribution in [-0.2, 0) is 11.2 Å². The van der Waals surface area contributed by atoms with Gasteiger partial charge in [-0.15, -0.1) is 5.10 Å². The average Bonchev–Trinajstić information content (AvgIpc) is 3.30. The number of rotatable bonds is 4. The van der Waals surface area contributed by atoms with Crippen LogP contribution in [0.25, 0.3) is 22.2 Å². The van der Waals surface area contributed by atoms with E-state index in [-0.39, 0.29) is 18.2 Å². The first-order chi connectivity index (χ1) is 16.8. The molecule has 0 amide bonds. The van der Waals surface area contributed by atoms with Gasteiger partial charge in [0.1, 0.15) is 0 Å². The van der Waals surface area contributed by atoms with Crippen LogP contribution in [0.5, 0.6) is 0 Å². The number of nitrogens with zero attached hydrogens (tertiary/aromatic N) is 3. The number of Topliss-reactive ketones (excluding diaryl/α,β-unsaturated/α-hetero) is 1. The minimum absolute atomic E-state index is 0.0664. The highest BCUT2D eigenvalue weighted by molar-refractivity contribution is 6.16. The number of anilines is 1. The van der Waals surface area contributed by atoms with Crippen LogP contribution in [0.2, 0.25) is 0 Å². The molecule has 6 rings (SSSR count). The molecule has 1 aliphatic heterocycles. The predicted molar refractivity (Wildman–Crippen MR) is 132 cm³/mol. The molecule has 0 spiro atoms. The van der Waals surface area contributed by atoms with Crippen molar-refractivity contribution in [3.63, 3.8) is 0 Å². The first-order valence-corrected chi connectivity index (χ1v) is 11.1. The maximum atomic E-state index is 13.2. The Morgan fingerprint density at radius 3 is 2.41 bits per heavy atom. The van der Waals surface area contributed by atoms with Crippen LogP contribution in [0.4, 0.5) is 6.01 Å².